The number of halogens is 3. The molecule has 0 unspecified atom stereocenters. The van der Waals surface area contributed by atoms with Crippen LogP contribution in [0.2, 0.25) is 0 Å². The van der Waals surface area contributed by atoms with Crippen molar-refractivity contribution in [3.8, 4) is 6.07 Å². The Bertz CT molecular complexity index is 477. The summed E-state index contributed by atoms with van der Waals surface area (Å²) in [5, 5.41) is 8.88. The number of hydrogen-bond acceptors (Lipinski definition) is 2. The van der Waals surface area contributed by atoms with Gasteiger partial charge in [0.2, 0.25) is 0 Å². The van der Waals surface area contributed by atoms with Crippen molar-refractivity contribution in [2.75, 3.05) is 0 Å². The van der Waals surface area contributed by atoms with Crippen LogP contribution in [-0.4, -0.2) is 4.98 Å². The molecular weight excluding hydrogens is 313 g/mol. The zero-order valence-electron chi connectivity index (χ0n) is 7.94. The normalized spacial score (nSPS) is 17.3. The average Bonchev–Trinajstić information content (AvgIpc) is 2.44. The van der Waals surface area contributed by atoms with Gasteiger partial charge in [0.15, 0.2) is 0 Å². The number of nitriles is 1. The van der Waals surface area contributed by atoms with E-state index in [0.717, 1.165) is 0 Å². The molecule has 1 aromatic rings. The molecule has 0 spiro atoms. The van der Waals surface area contributed by atoms with Gasteiger partial charge in [0.05, 0.1) is 5.56 Å². The molecule has 15 heavy (non-hydrogen) atoms. The number of pyridine rings is 1. The summed E-state index contributed by atoms with van der Waals surface area (Å²) in [4.78, 5) is 4.11. The molecule has 0 saturated carbocycles. The third kappa shape index (κ3) is 1.51. The van der Waals surface area contributed by atoms with Crippen molar-refractivity contribution < 1.29 is 8.78 Å². The van der Waals surface area contributed by atoms with E-state index in [1.807, 2.05) is 28.7 Å². The molecule has 0 bridgehead atoms. The van der Waals surface area contributed by atoms with Crippen molar-refractivity contribution in [1.82, 2.24) is 4.98 Å². The third-order valence-electron chi connectivity index (χ3n) is 2.63. The predicted molar refractivity (Wildman–Crippen MR) is 58.6 cm³/mol. The van der Waals surface area contributed by atoms with Gasteiger partial charge in [0.1, 0.15) is 9.77 Å². The summed E-state index contributed by atoms with van der Waals surface area (Å²) in [5.74, 6) is -2.87. The van der Waals surface area contributed by atoms with E-state index >= 15 is 0 Å². The van der Waals surface area contributed by atoms with Crippen LogP contribution in [0.4, 0.5) is 8.78 Å². The van der Waals surface area contributed by atoms with Crippen molar-refractivity contribution in [1.29, 1.82) is 5.26 Å². The predicted octanol–water partition coefficient (Wildman–Crippen LogP) is 2.90. The molecule has 1 aliphatic carbocycles. The van der Waals surface area contributed by atoms with Crippen LogP contribution in [0.5, 0.6) is 0 Å². The van der Waals surface area contributed by atoms with Crippen LogP contribution in [0.1, 0.15) is 28.8 Å². The maximum atomic E-state index is 13.6. The minimum atomic E-state index is -2.87. The highest BCUT2D eigenvalue weighted by Gasteiger charge is 2.43. The first-order valence-electron chi connectivity index (χ1n) is 4.44. The topological polar surface area (TPSA) is 36.7 Å². The smallest absolute Gasteiger partial charge is 0.245 e. The second-order valence-electron chi connectivity index (χ2n) is 3.53. The number of hydrogen-bond donors (Lipinski definition) is 0. The van der Waals surface area contributed by atoms with Crippen molar-refractivity contribution in [2.24, 2.45) is 0 Å². The molecule has 5 heteroatoms. The van der Waals surface area contributed by atoms with E-state index < -0.39 is 5.92 Å². The summed E-state index contributed by atoms with van der Waals surface area (Å²) < 4.78 is 27.5. The minimum absolute atomic E-state index is 0.0405. The summed E-state index contributed by atoms with van der Waals surface area (Å²) in [7, 11) is 0. The quantitative estimate of drug-likeness (QED) is 0.544. The molecule has 0 aliphatic heterocycles. The summed E-state index contributed by atoms with van der Waals surface area (Å²) >= 11 is 1.83. The summed E-state index contributed by atoms with van der Waals surface area (Å²) in [6.07, 6.45) is 0.104. The van der Waals surface area contributed by atoms with Gasteiger partial charge in [-0.3, -0.25) is 0 Å². The number of aryl methyl sites for hydroxylation is 1. The van der Waals surface area contributed by atoms with Crippen molar-refractivity contribution in [3.05, 3.63) is 26.1 Å². The molecule has 0 N–H and O–H groups in total. The van der Waals surface area contributed by atoms with E-state index in [9.17, 15) is 8.78 Å². The first kappa shape index (κ1) is 10.7. The van der Waals surface area contributed by atoms with Crippen LogP contribution in [-0.2, 0) is 12.3 Å². The van der Waals surface area contributed by atoms with E-state index in [1.54, 1.807) is 6.92 Å². The van der Waals surface area contributed by atoms with E-state index in [-0.39, 0.29) is 17.5 Å². The maximum absolute atomic E-state index is 13.6. The van der Waals surface area contributed by atoms with Crippen LogP contribution in [0.3, 0.4) is 0 Å². The number of nitrogens with zero attached hydrogens (tertiary/aromatic N) is 2. The van der Waals surface area contributed by atoms with Gasteiger partial charge >= 0.3 is 0 Å². The fourth-order valence-corrected chi connectivity index (χ4v) is 2.68. The SMILES string of the molecule is Cc1nc(I)c(C#N)c2c1CCC2(F)F. The molecule has 0 amide bonds. The van der Waals surface area contributed by atoms with Gasteiger partial charge in [0, 0.05) is 17.7 Å². The van der Waals surface area contributed by atoms with Gasteiger partial charge in [-0.2, -0.15) is 5.26 Å². The molecule has 0 saturated heterocycles. The highest BCUT2D eigenvalue weighted by Crippen LogP contribution is 2.44. The summed E-state index contributed by atoms with van der Waals surface area (Å²) in [6.45, 7) is 1.71. The summed E-state index contributed by atoms with van der Waals surface area (Å²) in [6, 6.07) is 1.83. The Balaban J connectivity index is 2.82. The highest BCUT2D eigenvalue weighted by atomic mass is 127. The number of aromatic nitrogens is 1. The Morgan fingerprint density at radius 3 is 2.80 bits per heavy atom. The Morgan fingerprint density at radius 2 is 2.20 bits per heavy atom. The van der Waals surface area contributed by atoms with Crippen LogP contribution >= 0.6 is 22.6 Å². The highest BCUT2D eigenvalue weighted by molar-refractivity contribution is 14.1. The fraction of sp³-hybridized carbons (Fsp3) is 0.400. The number of fused-ring (bicyclic) bond motifs is 1. The number of rotatable bonds is 0. The standard InChI is InChI=1S/C10H7F2IN2/c1-5-6-2-3-10(11,12)8(6)7(4-14)9(13)15-5/h2-3H2,1H3. The van der Waals surface area contributed by atoms with Crippen LogP contribution < -0.4 is 0 Å². The second-order valence-corrected chi connectivity index (χ2v) is 4.55. The lowest BCUT2D eigenvalue weighted by Crippen LogP contribution is -2.12. The van der Waals surface area contributed by atoms with Crippen molar-refractivity contribution >= 4 is 22.6 Å². The molecule has 78 valence electrons. The second kappa shape index (κ2) is 3.37. The first-order valence-corrected chi connectivity index (χ1v) is 5.52. The van der Waals surface area contributed by atoms with E-state index in [0.29, 0.717) is 21.4 Å². The molecule has 2 rings (SSSR count). The molecule has 1 aromatic heterocycles. The molecule has 0 atom stereocenters. The zero-order valence-corrected chi connectivity index (χ0v) is 10.1. The molecular formula is C10H7F2IN2. The fourth-order valence-electron chi connectivity index (χ4n) is 1.92. The van der Waals surface area contributed by atoms with Gasteiger partial charge < -0.3 is 0 Å². The van der Waals surface area contributed by atoms with Crippen LogP contribution in [0.15, 0.2) is 0 Å². The van der Waals surface area contributed by atoms with Gasteiger partial charge in [-0.25, -0.2) is 13.8 Å². The number of alkyl halides is 2. The molecule has 0 aromatic carbocycles. The minimum Gasteiger partial charge on any atom is -0.245 e. The Labute approximate surface area is 99.5 Å². The molecule has 0 radical (unpaired) electrons. The van der Waals surface area contributed by atoms with E-state index in [1.165, 1.54) is 0 Å². The lowest BCUT2D eigenvalue weighted by atomic mass is 10.0. The Morgan fingerprint density at radius 1 is 1.53 bits per heavy atom. The van der Waals surface area contributed by atoms with Crippen molar-refractivity contribution in [2.45, 2.75) is 25.7 Å². The van der Waals surface area contributed by atoms with E-state index in [4.69, 9.17) is 5.26 Å². The maximum Gasteiger partial charge on any atom is 0.275 e. The largest absolute Gasteiger partial charge is 0.275 e. The van der Waals surface area contributed by atoms with Gasteiger partial charge in [-0.1, -0.05) is 0 Å². The molecule has 2 nitrogen and oxygen atoms in total. The van der Waals surface area contributed by atoms with Crippen LogP contribution in [0.25, 0.3) is 0 Å². The lowest BCUT2D eigenvalue weighted by Gasteiger charge is -2.13. The van der Waals surface area contributed by atoms with Crippen LogP contribution in [0, 0.1) is 22.0 Å². The van der Waals surface area contributed by atoms with Crippen molar-refractivity contribution in [3.63, 3.8) is 0 Å². The van der Waals surface area contributed by atoms with Gasteiger partial charge in [-0.05, 0) is 41.5 Å². The molecule has 1 aliphatic rings. The van der Waals surface area contributed by atoms with Gasteiger partial charge in [0.25, 0.3) is 5.92 Å². The monoisotopic (exact) mass is 320 g/mol. The Kier molecular flexibility index (Phi) is 2.41. The van der Waals surface area contributed by atoms with E-state index in [2.05, 4.69) is 4.98 Å². The molecule has 0 fully saturated rings. The average molecular weight is 320 g/mol. The Hall–Kier alpha value is -0.770. The van der Waals surface area contributed by atoms with Gasteiger partial charge in [-0.15, -0.1) is 0 Å². The molecule has 1 heterocycles. The third-order valence-corrected chi connectivity index (χ3v) is 3.41. The first-order chi connectivity index (χ1) is 6.97. The lowest BCUT2D eigenvalue weighted by molar-refractivity contribution is -0.00218. The summed E-state index contributed by atoms with van der Waals surface area (Å²) in [5.41, 5.74) is 1.11. The zero-order chi connectivity index (χ0) is 11.2.